The summed E-state index contributed by atoms with van der Waals surface area (Å²) >= 11 is 6.03. The van der Waals surface area contributed by atoms with Crippen molar-refractivity contribution in [3.63, 3.8) is 0 Å². The maximum absolute atomic E-state index is 11.7. The summed E-state index contributed by atoms with van der Waals surface area (Å²) in [5.41, 5.74) is 6.78. The summed E-state index contributed by atoms with van der Waals surface area (Å²) in [5, 5.41) is 1.27. The third kappa shape index (κ3) is 15.0. The average molecular weight is 845 g/mol. The van der Waals surface area contributed by atoms with Crippen molar-refractivity contribution in [2.24, 2.45) is 5.92 Å². The predicted octanol–water partition coefficient (Wildman–Crippen LogP) is 11.9. The minimum Gasteiger partial charge on any atom is -0.494 e. The Bertz CT molecular complexity index is 2190. The minimum absolute atomic E-state index is 0.0989. The molecule has 0 aliphatic heterocycles. The van der Waals surface area contributed by atoms with E-state index < -0.39 is 0 Å². The van der Waals surface area contributed by atoms with Crippen molar-refractivity contribution in [1.82, 2.24) is 0 Å². The number of carbonyl (C=O) groups is 2. The second-order valence-electron chi connectivity index (χ2n) is 15.0. The summed E-state index contributed by atoms with van der Waals surface area (Å²) in [6, 6.07) is 19.0. The van der Waals surface area contributed by atoms with E-state index in [0.29, 0.717) is 32.8 Å². The van der Waals surface area contributed by atoms with E-state index in [-0.39, 0.29) is 17.9 Å². The van der Waals surface area contributed by atoms with Crippen LogP contribution in [0.1, 0.15) is 123 Å². The van der Waals surface area contributed by atoms with Gasteiger partial charge < -0.3 is 18.9 Å². The summed E-state index contributed by atoms with van der Waals surface area (Å²) in [5.74, 6) is 16.2. The molecule has 316 valence electrons. The van der Waals surface area contributed by atoms with E-state index in [1.165, 1.54) is 37.7 Å². The van der Waals surface area contributed by atoms with E-state index in [4.69, 9.17) is 18.9 Å². The quantitative estimate of drug-likeness (QED) is 0.0264. The first kappa shape index (κ1) is 46.2. The van der Waals surface area contributed by atoms with Crippen molar-refractivity contribution in [3.8, 4) is 35.2 Å². The molecule has 0 N–H and O–H groups in total. The molecule has 0 amide bonds. The van der Waals surface area contributed by atoms with Gasteiger partial charge in [0, 0.05) is 50.1 Å². The summed E-state index contributed by atoms with van der Waals surface area (Å²) in [4.78, 5) is 24.2. The zero-order valence-corrected chi connectivity index (χ0v) is 37.2. The van der Waals surface area contributed by atoms with Crippen LogP contribution in [-0.2, 0) is 38.3 Å². The largest absolute Gasteiger partial charge is 0.494 e. The number of benzene rings is 3. The molecule has 0 radical (unpaired) electrons. The van der Waals surface area contributed by atoms with Gasteiger partial charge in [-0.1, -0.05) is 62.3 Å². The van der Waals surface area contributed by atoms with Crippen molar-refractivity contribution in [2.45, 2.75) is 104 Å². The molecular weight excluding hydrogens is 785 g/mol. The molecule has 5 rings (SSSR count). The number of aryl methyl sites for hydroxylation is 2. The molecule has 6 nitrogen and oxygen atoms in total. The Labute approximate surface area is 367 Å². The van der Waals surface area contributed by atoms with Crippen molar-refractivity contribution in [2.75, 3.05) is 32.2 Å². The molecule has 0 bridgehead atoms. The molecule has 8 heteroatoms. The topological polar surface area (TPSA) is 71.1 Å². The Hall–Kier alpha value is -4.89. The Kier molecular flexibility index (Phi) is 19.8. The number of hydrogen-bond donors (Lipinski definition) is 1. The predicted molar refractivity (Wildman–Crippen MR) is 250 cm³/mol. The van der Waals surface area contributed by atoms with Crippen LogP contribution in [-0.4, -0.2) is 44.1 Å². The van der Waals surface area contributed by atoms with E-state index in [9.17, 15) is 9.59 Å². The molecule has 1 unspecified atom stereocenters. The molecule has 1 atom stereocenters. The van der Waals surface area contributed by atoms with Crippen molar-refractivity contribution < 1.29 is 28.5 Å². The first-order valence-corrected chi connectivity index (χ1v) is 23.2. The van der Waals surface area contributed by atoms with Gasteiger partial charge in [0.15, 0.2) is 0 Å². The minimum atomic E-state index is -0.365. The van der Waals surface area contributed by atoms with Gasteiger partial charge in [-0.2, -0.15) is 12.6 Å². The molecule has 3 aromatic carbocycles. The van der Waals surface area contributed by atoms with Crippen LogP contribution < -0.4 is 9.47 Å². The van der Waals surface area contributed by atoms with Crippen LogP contribution in [0.3, 0.4) is 0 Å². The van der Waals surface area contributed by atoms with Crippen molar-refractivity contribution >= 4 is 52.1 Å². The van der Waals surface area contributed by atoms with Crippen LogP contribution in [0.5, 0.6) is 11.5 Å². The lowest BCUT2D eigenvalue weighted by atomic mass is 9.93. The van der Waals surface area contributed by atoms with Gasteiger partial charge in [-0.15, -0.1) is 11.3 Å². The molecule has 0 fully saturated rings. The average Bonchev–Trinajstić information content (AvgIpc) is 3.64. The number of unbranched alkanes of at least 4 members (excludes halogenated alkanes) is 7. The maximum Gasteiger partial charge on any atom is 0.330 e. The molecule has 1 aliphatic rings. The summed E-state index contributed by atoms with van der Waals surface area (Å²) in [6.45, 7) is 9.98. The van der Waals surface area contributed by atoms with Crippen LogP contribution in [0, 0.1) is 29.6 Å². The Balaban J connectivity index is 1.08. The number of thiol groups is 1. The van der Waals surface area contributed by atoms with Gasteiger partial charge in [0.25, 0.3) is 0 Å². The highest BCUT2D eigenvalue weighted by molar-refractivity contribution is 7.80. The lowest BCUT2D eigenvalue weighted by molar-refractivity contribution is -0.144. The van der Waals surface area contributed by atoms with Crippen LogP contribution >= 0.6 is 24.0 Å². The molecule has 4 aromatic rings. The molecule has 0 saturated carbocycles. The monoisotopic (exact) mass is 844 g/mol. The van der Waals surface area contributed by atoms with Crippen LogP contribution in [0.15, 0.2) is 73.3 Å². The lowest BCUT2D eigenvalue weighted by Crippen LogP contribution is -2.06. The smallest absolute Gasteiger partial charge is 0.330 e. The van der Waals surface area contributed by atoms with Gasteiger partial charge >= 0.3 is 11.9 Å². The summed E-state index contributed by atoms with van der Waals surface area (Å²) in [7, 11) is 0. The Morgan fingerprint density at radius 2 is 1.38 bits per heavy atom. The number of allylic oxidation sites excluding steroid dienone is 1. The SMILES string of the molecule is C=CC(=O)OCCCCCCOc1ccc(C#Cc2ccc3c4c(sc3c2)CC(C#Cc2ccc(OCCCCCCOC(=O)CCCCS)cc2CC)C=C4)c(CC)c1. The van der Waals surface area contributed by atoms with E-state index in [1.54, 1.807) is 0 Å². The molecule has 1 heterocycles. The molecular formula is C52H60O6S2. The van der Waals surface area contributed by atoms with Gasteiger partial charge in [-0.05, 0) is 154 Å². The fourth-order valence-corrected chi connectivity index (χ4v) is 8.50. The van der Waals surface area contributed by atoms with Crippen LogP contribution in [0.25, 0.3) is 16.2 Å². The van der Waals surface area contributed by atoms with Crippen LogP contribution in [0.2, 0.25) is 0 Å². The molecule has 0 saturated heterocycles. The summed E-state index contributed by atoms with van der Waals surface area (Å²) in [6.07, 6.45) is 18.4. The molecule has 0 spiro atoms. The fourth-order valence-electron chi connectivity index (χ4n) is 6.98. The third-order valence-electron chi connectivity index (χ3n) is 10.4. The maximum atomic E-state index is 11.7. The fraction of sp³-hybridized carbons (Fsp3) is 0.423. The molecule has 1 aliphatic carbocycles. The first-order valence-electron chi connectivity index (χ1n) is 21.7. The van der Waals surface area contributed by atoms with Gasteiger partial charge in [0.1, 0.15) is 11.5 Å². The van der Waals surface area contributed by atoms with Gasteiger partial charge in [0.2, 0.25) is 0 Å². The second kappa shape index (κ2) is 25.7. The second-order valence-corrected chi connectivity index (χ2v) is 16.6. The molecule has 60 heavy (non-hydrogen) atoms. The highest BCUT2D eigenvalue weighted by atomic mass is 32.1. The normalized spacial score (nSPS) is 12.8. The lowest BCUT2D eigenvalue weighted by Gasteiger charge is -2.12. The van der Waals surface area contributed by atoms with Gasteiger partial charge in [0.05, 0.1) is 26.4 Å². The van der Waals surface area contributed by atoms with E-state index >= 15 is 0 Å². The number of hydrogen-bond acceptors (Lipinski definition) is 8. The molecule has 1 aromatic heterocycles. The van der Waals surface area contributed by atoms with Gasteiger partial charge in [-0.25, -0.2) is 4.79 Å². The number of ether oxygens (including phenoxy) is 4. The number of esters is 2. The zero-order chi connectivity index (χ0) is 42.4. The first-order chi connectivity index (χ1) is 29.4. The Morgan fingerprint density at radius 3 is 2.02 bits per heavy atom. The number of carbonyl (C=O) groups excluding carboxylic acids is 2. The number of thiophene rings is 1. The number of fused-ring (bicyclic) bond motifs is 3. The Morgan fingerprint density at radius 1 is 0.750 bits per heavy atom. The van der Waals surface area contributed by atoms with Crippen molar-refractivity contribution in [1.29, 1.82) is 0 Å². The van der Waals surface area contributed by atoms with E-state index in [2.05, 4.69) is 111 Å². The highest BCUT2D eigenvalue weighted by Crippen LogP contribution is 2.37. The summed E-state index contributed by atoms with van der Waals surface area (Å²) < 4.78 is 23.7. The van der Waals surface area contributed by atoms with Gasteiger partial charge in [-0.3, -0.25) is 4.79 Å². The van der Waals surface area contributed by atoms with E-state index in [0.717, 1.165) is 117 Å². The third-order valence-corrected chi connectivity index (χ3v) is 11.9. The van der Waals surface area contributed by atoms with Crippen molar-refractivity contribution in [3.05, 3.63) is 112 Å². The zero-order valence-electron chi connectivity index (χ0n) is 35.5. The van der Waals surface area contributed by atoms with Crippen LogP contribution in [0.4, 0.5) is 0 Å². The number of rotatable bonds is 23. The van der Waals surface area contributed by atoms with E-state index in [1.807, 2.05) is 23.5 Å². The highest BCUT2D eigenvalue weighted by Gasteiger charge is 2.18. The standard InChI is InChI=1S/C52H60O6S2/c1-4-41-37-45(55-30-12-7-9-14-32-57-51(53)6-3)26-24-43(41)22-18-39-20-28-47-48-29-21-40(36-50(48)60-49(47)35-39)19-23-44-25-27-46(38-42(44)5-2)56-31-13-8-10-15-33-58-52(54)17-11-16-34-59/h6,20-21,24-29,35,37-38,40,59H,3-5,7-17,30-34,36H2,1-2H3.